The van der Waals surface area contributed by atoms with Crippen molar-refractivity contribution in [1.82, 2.24) is 20.2 Å². The number of aromatic nitrogens is 4. The van der Waals surface area contributed by atoms with E-state index in [2.05, 4.69) is 43.4 Å². The first-order chi connectivity index (χ1) is 11.1. The van der Waals surface area contributed by atoms with Crippen LogP contribution in [0.1, 0.15) is 19.4 Å². The molecule has 0 fully saturated rings. The first-order valence-electron chi connectivity index (χ1n) is 7.19. The van der Waals surface area contributed by atoms with Crippen molar-refractivity contribution in [2.24, 2.45) is 0 Å². The van der Waals surface area contributed by atoms with Crippen LogP contribution in [0.4, 0.5) is 5.95 Å². The van der Waals surface area contributed by atoms with E-state index in [1.807, 2.05) is 26.0 Å². The standard InChI is InChI=1S/C15H20BrN5O2/c1-5-8-21-15(18-19-20-21)17-9-11-12(16)6-7-13(22-4)14(11)23-10(2)3/h5-7,10H,1,8-9H2,2-4H3,(H,17,18,20). The number of allylic oxidation sites excluding steroid dienone is 1. The summed E-state index contributed by atoms with van der Waals surface area (Å²) in [5.41, 5.74) is 0.936. The number of anilines is 1. The number of tetrazole rings is 1. The van der Waals surface area contributed by atoms with E-state index in [-0.39, 0.29) is 6.10 Å². The van der Waals surface area contributed by atoms with Crippen LogP contribution in [0.3, 0.4) is 0 Å². The largest absolute Gasteiger partial charge is 0.493 e. The Morgan fingerprint density at radius 3 is 2.87 bits per heavy atom. The normalized spacial score (nSPS) is 10.7. The van der Waals surface area contributed by atoms with Crippen molar-refractivity contribution in [3.63, 3.8) is 0 Å². The molecule has 0 bridgehead atoms. The Hall–Kier alpha value is -2.09. The molecule has 124 valence electrons. The van der Waals surface area contributed by atoms with Gasteiger partial charge in [0.15, 0.2) is 11.5 Å². The molecule has 0 aliphatic carbocycles. The van der Waals surface area contributed by atoms with Crippen LogP contribution < -0.4 is 14.8 Å². The Kier molecular flexibility index (Phi) is 5.97. The zero-order valence-corrected chi connectivity index (χ0v) is 15.0. The molecule has 8 heteroatoms. The van der Waals surface area contributed by atoms with Crippen molar-refractivity contribution in [3.8, 4) is 11.5 Å². The highest BCUT2D eigenvalue weighted by Gasteiger charge is 2.16. The van der Waals surface area contributed by atoms with Crippen molar-refractivity contribution in [1.29, 1.82) is 0 Å². The van der Waals surface area contributed by atoms with Gasteiger partial charge in [-0.05, 0) is 36.4 Å². The molecule has 2 rings (SSSR count). The lowest BCUT2D eigenvalue weighted by atomic mass is 10.1. The van der Waals surface area contributed by atoms with Gasteiger partial charge in [-0.15, -0.1) is 6.58 Å². The van der Waals surface area contributed by atoms with Crippen LogP contribution in [0, 0.1) is 0 Å². The van der Waals surface area contributed by atoms with Gasteiger partial charge < -0.3 is 14.8 Å². The molecule has 0 saturated carbocycles. The molecule has 23 heavy (non-hydrogen) atoms. The first kappa shape index (κ1) is 17.3. The third-order valence-electron chi connectivity index (χ3n) is 3.00. The van der Waals surface area contributed by atoms with Gasteiger partial charge in [0.2, 0.25) is 5.95 Å². The van der Waals surface area contributed by atoms with Crippen LogP contribution in [0.15, 0.2) is 29.3 Å². The lowest BCUT2D eigenvalue weighted by Gasteiger charge is -2.19. The molecule has 7 nitrogen and oxygen atoms in total. The molecular weight excluding hydrogens is 362 g/mol. The van der Waals surface area contributed by atoms with E-state index in [0.717, 1.165) is 10.0 Å². The SMILES string of the molecule is C=CCn1nnnc1NCc1c(Br)ccc(OC)c1OC(C)C. The summed E-state index contributed by atoms with van der Waals surface area (Å²) in [5, 5.41) is 14.7. The van der Waals surface area contributed by atoms with Gasteiger partial charge in [0.1, 0.15) is 0 Å². The third kappa shape index (κ3) is 4.22. The van der Waals surface area contributed by atoms with E-state index < -0.39 is 0 Å². The molecule has 1 aromatic heterocycles. The Bertz CT molecular complexity index is 672. The number of benzene rings is 1. The summed E-state index contributed by atoms with van der Waals surface area (Å²) >= 11 is 3.56. The van der Waals surface area contributed by atoms with Crippen LogP contribution in [-0.2, 0) is 13.1 Å². The molecule has 0 aliphatic heterocycles. The second kappa shape index (κ2) is 7.96. The summed E-state index contributed by atoms with van der Waals surface area (Å²) in [6.45, 7) is 8.65. The number of hydrogen-bond acceptors (Lipinski definition) is 6. The zero-order chi connectivity index (χ0) is 16.8. The van der Waals surface area contributed by atoms with E-state index in [9.17, 15) is 0 Å². The molecule has 2 aromatic rings. The molecule has 1 heterocycles. The fourth-order valence-corrected chi connectivity index (χ4v) is 2.47. The van der Waals surface area contributed by atoms with Gasteiger partial charge in [0.05, 0.1) is 19.8 Å². The van der Waals surface area contributed by atoms with E-state index in [1.54, 1.807) is 17.9 Å². The maximum atomic E-state index is 5.93. The van der Waals surface area contributed by atoms with Crippen molar-refractivity contribution in [2.45, 2.75) is 33.0 Å². The van der Waals surface area contributed by atoms with Gasteiger partial charge in [-0.1, -0.05) is 27.1 Å². The number of hydrogen-bond donors (Lipinski definition) is 1. The summed E-state index contributed by atoms with van der Waals surface area (Å²) in [6, 6.07) is 3.79. The second-order valence-corrected chi connectivity index (χ2v) is 5.91. The number of ether oxygens (including phenoxy) is 2. The lowest BCUT2D eigenvalue weighted by Crippen LogP contribution is -2.13. The van der Waals surface area contributed by atoms with Crippen LogP contribution in [-0.4, -0.2) is 33.4 Å². The molecule has 0 aliphatic rings. The summed E-state index contributed by atoms with van der Waals surface area (Å²) in [5.74, 6) is 1.95. The molecule has 1 N–H and O–H groups in total. The van der Waals surface area contributed by atoms with Crippen molar-refractivity contribution in [2.75, 3.05) is 12.4 Å². The smallest absolute Gasteiger partial charge is 0.243 e. The molecule has 0 spiro atoms. The fourth-order valence-electron chi connectivity index (χ4n) is 2.02. The minimum atomic E-state index is 0.0306. The Morgan fingerprint density at radius 1 is 1.43 bits per heavy atom. The van der Waals surface area contributed by atoms with Crippen molar-refractivity contribution < 1.29 is 9.47 Å². The van der Waals surface area contributed by atoms with Gasteiger partial charge in [-0.25, -0.2) is 4.68 Å². The summed E-state index contributed by atoms with van der Waals surface area (Å²) < 4.78 is 13.9. The quantitative estimate of drug-likeness (QED) is 0.708. The summed E-state index contributed by atoms with van der Waals surface area (Å²) in [6.07, 6.45) is 1.76. The van der Waals surface area contributed by atoms with E-state index in [1.165, 1.54) is 0 Å². The van der Waals surface area contributed by atoms with Gasteiger partial charge in [-0.2, -0.15) is 0 Å². The highest BCUT2D eigenvalue weighted by Crippen LogP contribution is 2.37. The number of nitrogens with one attached hydrogen (secondary N) is 1. The Balaban J connectivity index is 2.27. The molecular formula is C15H20BrN5O2. The van der Waals surface area contributed by atoms with E-state index >= 15 is 0 Å². The molecule has 0 atom stereocenters. The average molecular weight is 382 g/mol. The lowest BCUT2D eigenvalue weighted by molar-refractivity contribution is 0.227. The predicted octanol–water partition coefficient (Wildman–Crippen LogP) is 3.03. The maximum absolute atomic E-state index is 5.93. The predicted molar refractivity (Wildman–Crippen MR) is 91.8 cm³/mol. The molecule has 1 aromatic carbocycles. The highest BCUT2D eigenvalue weighted by atomic mass is 79.9. The minimum absolute atomic E-state index is 0.0306. The van der Waals surface area contributed by atoms with Gasteiger partial charge in [0.25, 0.3) is 0 Å². The number of methoxy groups -OCH3 is 1. The maximum Gasteiger partial charge on any atom is 0.243 e. The van der Waals surface area contributed by atoms with E-state index in [4.69, 9.17) is 9.47 Å². The molecule has 0 unspecified atom stereocenters. The number of halogens is 1. The summed E-state index contributed by atoms with van der Waals surface area (Å²) in [7, 11) is 1.62. The topological polar surface area (TPSA) is 74.1 Å². The Labute approximate surface area is 143 Å². The Morgan fingerprint density at radius 2 is 2.22 bits per heavy atom. The minimum Gasteiger partial charge on any atom is -0.493 e. The van der Waals surface area contributed by atoms with Gasteiger partial charge in [-0.3, -0.25) is 0 Å². The van der Waals surface area contributed by atoms with Crippen LogP contribution in [0.2, 0.25) is 0 Å². The zero-order valence-electron chi connectivity index (χ0n) is 13.4. The van der Waals surface area contributed by atoms with Crippen LogP contribution in [0.25, 0.3) is 0 Å². The average Bonchev–Trinajstić information content (AvgIpc) is 2.94. The van der Waals surface area contributed by atoms with Gasteiger partial charge in [0, 0.05) is 16.6 Å². The van der Waals surface area contributed by atoms with Crippen LogP contribution >= 0.6 is 15.9 Å². The van der Waals surface area contributed by atoms with Crippen molar-refractivity contribution >= 4 is 21.9 Å². The number of rotatable bonds is 8. The van der Waals surface area contributed by atoms with E-state index in [0.29, 0.717) is 30.5 Å². The van der Waals surface area contributed by atoms with Crippen molar-refractivity contribution in [3.05, 3.63) is 34.8 Å². The number of nitrogens with zero attached hydrogens (tertiary/aromatic N) is 4. The molecule has 0 saturated heterocycles. The highest BCUT2D eigenvalue weighted by molar-refractivity contribution is 9.10. The molecule has 0 radical (unpaired) electrons. The monoisotopic (exact) mass is 381 g/mol. The fraction of sp³-hybridized carbons (Fsp3) is 0.400. The second-order valence-electron chi connectivity index (χ2n) is 5.05. The first-order valence-corrected chi connectivity index (χ1v) is 7.99. The summed E-state index contributed by atoms with van der Waals surface area (Å²) in [4.78, 5) is 0. The molecule has 0 amide bonds. The third-order valence-corrected chi connectivity index (χ3v) is 3.74. The van der Waals surface area contributed by atoms with Gasteiger partial charge >= 0.3 is 0 Å². The van der Waals surface area contributed by atoms with Crippen LogP contribution in [0.5, 0.6) is 11.5 Å².